The molecule has 1 aromatic rings. The lowest BCUT2D eigenvalue weighted by Gasteiger charge is -2.16. The molecule has 1 N–H and O–H groups in total. The standard InChI is InChI=1S/C14H17ClN2O/c15-13-6-5-11(7-16-13)14(18)17-8-12(9-1-2-9)10-3-4-10/h5-7,9-10,12H,1-4,8H2,(H,17,18). The number of amides is 1. The van der Waals surface area contributed by atoms with Gasteiger partial charge in [-0.3, -0.25) is 4.79 Å². The van der Waals surface area contributed by atoms with Crippen LogP contribution in [0.1, 0.15) is 36.0 Å². The number of carbonyl (C=O) groups excluding carboxylic acids is 1. The van der Waals surface area contributed by atoms with Gasteiger partial charge in [0.25, 0.3) is 5.91 Å². The van der Waals surface area contributed by atoms with E-state index >= 15 is 0 Å². The summed E-state index contributed by atoms with van der Waals surface area (Å²) in [5, 5.41) is 3.46. The van der Waals surface area contributed by atoms with E-state index in [1.54, 1.807) is 12.1 Å². The van der Waals surface area contributed by atoms with Crippen molar-refractivity contribution >= 4 is 17.5 Å². The molecule has 0 radical (unpaired) electrons. The van der Waals surface area contributed by atoms with Crippen LogP contribution in [0.15, 0.2) is 18.3 Å². The summed E-state index contributed by atoms with van der Waals surface area (Å²) in [6.45, 7) is 0.816. The van der Waals surface area contributed by atoms with Crippen LogP contribution >= 0.6 is 11.6 Å². The fraction of sp³-hybridized carbons (Fsp3) is 0.571. The molecule has 2 saturated carbocycles. The van der Waals surface area contributed by atoms with Gasteiger partial charge < -0.3 is 5.32 Å². The Bertz CT molecular complexity index is 426. The van der Waals surface area contributed by atoms with E-state index in [1.165, 1.54) is 31.9 Å². The summed E-state index contributed by atoms with van der Waals surface area (Å²) in [5.41, 5.74) is 0.588. The minimum absolute atomic E-state index is 0.0366. The van der Waals surface area contributed by atoms with Crippen molar-refractivity contribution in [3.63, 3.8) is 0 Å². The molecule has 0 unspecified atom stereocenters. The smallest absolute Gasteiger partial charge is 0.252 e. The Morgan fingerprint density at radius 2 is 2.00 bits per heavy atom. The van der Waals surface area contributed by atoms with Crippen LogP contribution in [0.25, 0.3) is 0 Å². The van der Waals surface area contributed by atoms with E-state index in [2.05, 4.69) is 10.3 Å². The molecular weight excluding hydrogens is 248 g/mol. The summed E-state index contributed by atoms with van der Waals surface area (Å²) in [6.07, 6.45) is 6.92. The number of hydrogen-bond donors (Lipinski definition) is 1. The van der Waals surface area contributed by atoms with Gasteiger partial charge in [0.2, 0.25) is 0 Å². The van der Waals surface area contributed by atoms with Crippen LogP contribution in [0.2, 0.25) is 5.15 Å². The highest BCUT2D eigenvalue weighted by Gasteiger charge is 2.41. The third-order valence-electron chi connectivity index (χ3n) is 3.94. The maximum Gasteiger partial charge on any atom is 0.252 e. The average Bonchev–Trinajstić information content (AvgIpc) is 3.24. The summed E-state index contributed by atoms with van der Waals surface area (Å²) in [5.74, 6) is 2.39. The Morgan fingerprint density at radius 3 is 2.50 bits per heavy atom. The topological polar surface area (TPSA) is 42.0 Å². The first kappa shape index (κ1) is 12.0. The average molecular weight is 265 g/mol. The van der Waals surface area contributed by atoms with Gasteiger partial charge in [0.05, 0.1) is 5.56 Å². The van der Waals surface area contributed by atoms with Gasteiger partial charge in [0.1, 0.15) is 5.15 Å². The zero-order valence-corrected chi connectivity index (χ0v) is 11.0. The van der Waals surface area contributed by atoms with Gasteiger partial charge in [-0.2, -0.15) is 0 Å². The zero-order valence-electron chi connectivity index (χ0n) is 10.2. The Morgan fingerprint density at radius 1 is 1.33 bits per heavy atom. The largest absolute Gasteiger partial charge is 0.352 e. The Hall–Kier alpha value is -1.09. The fourth-order valence-corrected chi connectivity index (χ4v) is 2.70. The van der Waals surface area contributed by atoms with E-state index in [0.717, 1.165) is 18.4 Å². The molecule has 2 aliphatic carbocycles. The summed E-state index contributed by atoms with van der Waals surface area (Å²) in [4.78, 5) is 15.9. The first-order valence-corrected chi connectivity index (χ1v) is 7.01. The van der Waals surface area contributed by atoms with Gasteiger partial charge in [-0.15, -0.1) is 0 Å². The molecule has 18 heavy (non-hydrogen) atoms. The number of aromatic nitrogens is 1. The van der Waals surface area contributed by atoms with Crippen molar-refractivity contribution < 1.29 is 4.79 Å². The first-order chi connectivity index (χ1) is 8.74. The number of halogens is 1. The molecule has 3 nitrogen and oxygen atoms in total. The highest BCUT2D eigenvalue weighted by Crippen LogP contribution is 2.48. The normalized spacial score (nSPS) is 19.0. The highest BCUT2D eigenvalue weighted by molar-refractivity contribution is 6.29. The van der Waals surface area contributed by atoms with E-state index in [4.69, 9.17) is 11.6 Å². The summed E-state index contributed by atoms with van der Waals surface area (Å²) in [6, 6.07) is 3.36. The van der Waals surface area contributed by atoms with Crippen LogP contribution < -0.4 is 5.32 Å². The van der Waals surface area contributed by atoms with Crippen molar-refractivity contribution in [2.75, 3.05) is 6.54 Å². The van der Waals surface area contributed by atoms with E-state index < -0.39 is 0 Å². The molecule has 1 aromatic heterocycles. The first-order valence-electron chi connectivity index (χ1n) is 6.64. The van der Waals surface area contributed by atoms with Gasteiger partial charge in [-0.25, -0.2) is 4.98 Å². The molecule has 0 aliphatic heterocycles. The lowest BCUT2D eigenvalue weighted by atomic mass is 9.98. The van der Waals surface area contributed by atoms with Crippen LogP contribution in [0.5, 0.6) is 0 Å². The van der Waals surface area contributed by atoms with Crippen molar-refractivity contribution in [1.82, 2.24) is 10.3 Å². The molecule has 2 aliphatic rings. The summed E-state index contributed by atoms with van der Waals surface area (Å²) < 4.78 is 0. The lowest BCUT2D eigenvalue weighted by molar-refractivity contribution is 0.0943. The van der Waals surface area contributed by atoms with Gasteiger partial charge in [-0.1, -0.05) is 11.6 Å². The number of nitrogens with one attached hydrogen (secondary N) is 1. The number of hydrogen-bond acceptors (Lipinski definition) is 2. The quantitative estimate of drug-likeness (QED) is 0.831. The third kappa shape index (κ3) is 2.83. The van der Waals surface area contributed by atoms with Gasteiger partial charge >= 0.3 is 0 Å². The number of pyridine rings is 1. The van der Waals surface area contributed by atoms with Crippen LogP contribution in [-0.4, -0.2) is 17.4 Å². The second-order valence-electron chi connectivity index (χ2n) is 5.42. The van der Waals surface area contributed by atoms with Crippen molar-refractivity contribution in [2.45, 2.75) is 25.7 Å². The van der Waals surface area contributed by atoms with Crippen LogP contribution in [-0.2, 0) is 0 Å². The molecule has 4 heteroatoms. The molecule has 0 saturated heterocycles. The molecule has 0 bridgehead atoms. The van der Waals surface area contributed by atoms with Crippen molar-refractivity contribution in [1.29, 1.82) is 0 Å². The Labute approximate surface area is 112 Å². The molecule has 0 aromatic carbocycles. The van der Waals surface area contributed by atoms with Crippen LogP contribution in [0.4, 0.5) is 0 Å². The minimum Gasteiger partial charge on any atom is -0.352 e. The monoisotopic (exact) mass is 264 g/mol. The number of nitrogens with zero attached hydrogens (tertiary/aromatic N) is 1. The fourth-order valence-electron chi connectivity index (χ4n) is 2.59. The zero-order chi connectivity index (χ0) is 12.5. The second kappa shape index (κ2) is 4.88. The molecule has 0 spiro atoms. The number of carbonyl (C=O) groups is 1. The Kier molecular flexibility index (Phi) is 3.25. The van der Waals surface area contributed by atoms with Gasteiger partial charge in [0.15, 0.2) is 0 Å². The lowest BCUT2D eigenvalue weighted by Crippen LogP contribution is -2.31. The van der Waals surface area contributed by atoms with E-state index in [1.807, 2.05) is 0 Å². The maximum atomic E-state index is 12.0. The molecule has 3 rings (SSSR count). The molecule has 96 valence electrons. The third-order valence-corrected chi connectivity index (χ3v) is 4.17. The van der Waals surface area contributed by atoms with E-state index in [9.17, 15) is 4.79 Å². The summed E-state index contributed by atoms with van der Waals surface area (Å²) in [7, 11) is 0. The molecule has 1 heterocycles. The van der Waals surface area contributed by atoms with Gasteiger partial charge in [-0.05, 0) is 55.6 Å². The second-order valence-corrected chi connectivity index (χ2v) is 5.81. The SMILES string of the molecule is O=C(NCC(C1CC1)C1CC1)c1ccc(Cl)nc1. The van der Waals surface area contributed by atoms with E-state index in [0.29, 0.717) is 16.6 Å². The minimum atomic E-state index is -0.0366. The summed E-state index contributed by atoms with van der Waals surface area (Å²) >= 11 is 5.70. The van der Waals surface area contributed by atoms with Crippen LogP contribution in [0, 0.1) is 17.8 Å². The molecule has 0 atom stereocenters. The van der Waals surface area contributed by atoms with Crippen molar-refractivity contribution in [2.24, 2.45) is 17.8 Å². The Balaban J connectivity index is 1.55. The predicted molar refractivity (Wildman–Crippen MR) is 70.5 cm³/mol. The van der Waals surface area contributed by atoms with Crippen molar-refractivity contribution in [3.05, 3.63) is 29.0 Å². The maximum absolute atomic E-state index is 12.0. The van der Waals surface area contributed by atoms with E-state index in [-0.39, 0.29) is 5.91 Å². The van der Waals surface area contributed by atoms with Gasteiger partial charge in [0, 0.05) is 12.7 Å². The van der Waals surface area contributed by atoms with Crippen LogP contribution in [0.3, 0.4) is 0 Å². The predicted octanol–water partition coefficient (Wildman–Crippen LogP) is 2.90. The molecule has 2 fully saturated rings. The highest BCUT2D eigenvalue weighted by atomic mass is 35.5. The molecule has 1 amide bonds. The van der Waals surface area contributed by atoms with Crippen molar-refractivity contribution in [3.8, 4) is 0 Å². The number of rotatable bonds is 5. The molecular formula is C14H17ClN2O.